The monoisotopic (exact) mass is 461 g/mol. The van der Waals surface area contributed by atoms with E-state index >= 15 is 0 Å². The van der Waals surface area contributed by atoms with Crippen LogP contribution < -0.4 is 10.6 Å². The molecule has 1 unspecified atom stereocenters. The van der Waals surface area contributed by atoms with Gasteiger partial charge in [-0.15, -0.1) is 24.0 Å². The molecule has 0 amide bonds. The summed E-state index contributed by atoms with van der Waals surface area (Å²) in [6.07, 6.45) is 1.83. The van der Waals surface area contributed by atoms with Crippen molar-refractivity contribution in [2.75, 3.05) is 39.9 Å². The summed E-state index contributed by atoms with van der Waals surface area (Å²) in [6.45, 7) is 11.8. The zero-order chi connectivity index (χ0) is 17.4. The Morgan fingerprint density at radius 1 is 1.32 bits per heavy atom. The Hall–Kier alpha value is -0.930. The number of hydrogen-bond donors (Lipinski definition) is 2. The summed E-state index contributed by atoms with van der Waals surface area (Å²) in [5.74, 6) is 1.39. The predicted molar refractivity (Wildman–Crippen MR) is 114 cm³/mol. The average Bonchev–Trinajstić information content (AvgIpc) is 2.59. The third-order valence-corrected chi connectivity index (χ3v) is 4.53. The van der Waals surface area contributed by atoms with Crippen LogP contribution in [-0.2, 0) is 11.3 Å². The highest BCUT2D eigenvalue weighted by molar-refractivity contribution is 14.0. The highest BCUT2D eigenvalue weighted by atomic mass is 127. The van der Waals surface area contributed by atoms with Crippen molar-refractivity contribution in [3.63, 3.8) is 0 Å². The van der Waals surface area contributed by atoms with Crippen molar-refractivity contribution in [3.05, 3.63) is 29.6 Å². The Morgan fingerprint density at radius 2 is 2.04 bits per heavy atom. The number of ether oxygens (including phenoxy) is 1. The second-order valence-corrected chi connectivity index (χ2v) is 6.53. The topological polar surface area (TPSA) is 61.8 Å². The highest BCUT2D eigenvalue weighted by Gasteiger charge is 2.23. The molecular formula is C18H32IN5O. The molecule has 7 heteroatoms. The van der Waals surface area contributed by atoms with Crippen LogP contribution in [0.25, 0.3) is 0 Å². The smallest absolute Gasteiger partial charge is 0.191 e. The van der Waals surface area contributed by atoms with Crippen molar-refractivity contribution in [1.29, 1.82) is 0 Å². The SMILES string of the molecule is CN=C(NCc1ncccc1C)NCC(C(C)C)N1CCOCC1.I. The molecule has 0 radical (unpaired) electrons. The molecule has 0 saturated carbocycles. The first-order valence-electron chi connectivity index (χ1n) is 8.78. The maximum absolute atomic E-state index is 5.47. The lowest BCUT2D eigenvalue weighted by Gasteiger charge is -2.37. The standard InChI is InChI=1S/C18H31N5O.HI/c1-14(2)17(23-8-10-24-11-9-23)13-22-18(19-4)21-12-16-15(3)6-5-7-20-16;/h5-7,14,17H,8-13H2,1-4H3,(H2,19,21,22);1H. The molecule has 0 aliphatic carbocycles. The van der Waals surface area contributed by atoms with Gasteiger partial charge in [0.05, 0.1) is 25.5 Å². The van der Waals surface area contributed by atoms with Crippen LogP contribution in [0.1, 0.15) is 25.1 Å². The number of hydrogen-bond acceptors (Lipinski definition) is 4. The molecule has 1 aliphatic rings. The number of nitrogens with one attached hydrogen (secondary N) is 2. The Labute approximate surface area is 168 Å². The van der Waals surface area contributed by atoms with E-state index < -0.39 is 0 Å². The van der Waals surface area contributed by atoms with Crippen LogP contribution in [0.2, 0.25) is 0 Å². The fraction of sp³-hybridized carbons (Fsp3) is 0.667. The Balaban J connectivity index is 0.00000312. The largest absolute Gasteiger partial charge is 0.379 e. The fourth-order valence-corrected chi connectivity index (χ4v) is 2.99. The number of aryl methyl sites for hydroxylation is 1. The number of aliphatic imine (C=N–C) groups is 1. The van der Waals surface area contributed by atoms with Gasteiger partial charge in [0.25, 0.3) is 0 Å². The molecule has 1 aromatic rings. The van der Waals surface area contributed by atoms with Gasteiger partial charge >= 0.3 is 0 Å². The molecule has 0 bridgehead atoms. The van der Waals surface area contributed by atoms with Crippen LogP contribution in [-0.4, -0.2) is 61.8 Å². The summed E-state index contributed by atoms with van der Waals surface area (Å²) < 4.78 is 5.47. The molecule has 1 saturated heterocycles. The first-order chi connectivity index (χ1) is 11.6. The summed E-state index contributed by atoms with van der Waals surface area (Å²) in [7, 11) is 1.81. The van der Waals surface area contributed by atoms with Gasteiger partial charge < -0.3 is 15.4 Å². The molecule has 1 atom stereocenters. The van der Waals surface area contributed by atoms with Crippen LogP contribution in [0.4, 0.5) is 0 Å². The van der Waals surface area contributed by atoms with Crippen LogP contribution in [0.15, 0.2) is 23.3 Å². The van der Waals surface area contributed by atoms with Gasteiger partial charge in [-0.2, -0.15) is 0 Å². The van der Waals surface area contributed by atoms with Crippen LogP contribution in [0.3, 0.4) is 0 Å². The fourth-order valence-electron chi connectivity index (χ4n) is 2.99. The number of rotatable bonds is 6. The lowest BCUT2D eigenvalue weighted by Crippen LogP contribution is -2.52. The molecule has 0 aromatic carbocycles. The van der Waals surface area contributed by atoms with Gasteiger partial charge in [0.15, 0.2) is 5.96 Å². The molecule has 2 N–H and O–H groups in total. The Bertz CT molecular complexity index is 532. The molecule has 142 valence electrons. The Morgan fingerprint density at radius 3 is 2.64 bits per heavy atom. The minimum Gasteiger partial charge on any atom is -0.379 e. The second kappa shape index (κ2) is 11.6. The van der Waals surface area contributed by atoms with Gasteiger partial charge in [-0.1, -0.05) is 19.9 Å². The summed E-state index contributed by atoms with van der Waals surface area (Å²) in [5, 5.41) is 6.82. The molecule has 0 spiro atoms. The van der Waals surface area contributed by atoms with Gasteiger partial charge in [-0.05, 0) is 24.5 Å². The van der Waals surface area contributed by atoms with Crippen molar-refractivity contribution in [2.24, 2.45) is 10.9 Å². The molecular weight excluding hydrogens is 429 g/mol. The van der Waals surface area contributed by atoms with Crippen LogP contribution in [0.5, 0.6) is 0 Å². The summed E-state index contributed by atoms with van der Waals surface area (Å²) in [5.41, 5.74) is 2.24. The Kier molecular flexibility index (Phi) is 10.3. The number of guanidine groups is 1. The third-order valence-electron chi connectivity index (χ3n) is 4.53. The maximum Gasteiger partial charge on any atom is 0.191 e. The molecule has 25 heavy (non-hydrogen) atoms. The average molecular weight is 461 g/mol. The number of halogens is 1. The van der Waals surface area contributed by atoms with Gasteiger partial charge in [-0.3, -0.25) is 14.9 Å². The minimum absolute atomic E-state index is 0. The maximum atomic E-state index is 5.47. The van der Waals surface area contributed by atoms with Crippen molar-refractivity contribution >= 4 is 29.9 Å². The minimum atomic E-state index is 0. The zero-order valence-electron chi connectivity index (χ0n) is 15.8. The van der Waals surface area contributed by atoms with Gasteiger partial charge in [-0.25, -0.2) is 0 Å². The lowest BCUT2D eigenvalue weighted by molar-refractivity contribution is 0.00752. The van der Waals surface area contributed by atoms with E-state index in [9.17, 15) is 0 Å². The van der Waals surface area contributed by atoms with Gasteiger partial charge in [0, 0.05) is 38.9 Å². The molecule has 1 aliphatic heterocycles. The first-order valence-corrected chi connectivity index (χ1v) is 8.78. The quantitative estimate of drug-likeness (QED) is 0.386. The second-order valence-electron chi connectivity index (χ2n) is 6.53. The third kappa shape index (κ3) is 7.07. The van der Waals surface area contributed by atoms with E-state index in [1.165, 1.54) is 5.56 Å². The molecule has 1 aromatic heterocycles. The summed E-state index contributed by atoms with van der Waals surface area (Å²) >= 11 is 0. The lowest BCUT2D eigenvalue weighted by atomic mass is 10.0. The van der Waals surface area contributed by atoms with E-state index in [0.717, 1.165) is 44.5 Å². The first kappa shape index (κ1) is 22.1. The van der Waals surface area contributed by atoms with E-state index in [2.05, 4.69) is 52.3 Å². The summed E-state index contributed by atoms with van der Waals surface area (Å²) in [6, 6.07) is 4.51. The zero-order valence-corrected chi connectivity index (χ0v) is 18.1. The number of nitrogens with zero attached hydrogens (tertiary/aromatic N) is 3. The summed E-state index contributed by atoms with van der Waals surface area (Å²) in [4.78, 5) is 11.3. The van der Waals surface area contributed by atoms with E-state index in [-0.39, 0.29) is 24.0 Å². The van der Waals surface area contributed by atoms with Crippen molar-refractivity contribution in [2.45, 2.75) is 33.4 Å². The van der Waals surface area contributed by atoms with Crippen molar-refractivity contribution in [3.8, 4) is 0 Å². The molecule has 2 heterocycles. The molecule has 1 fully saturated rings. The highest BCUT2D eigenvalue weighted by Crippen LogP contribution is 2.12. The molecule has 6 nitrogen and oxygen atoms in total. The number of aromatic nitrogens is 1. The normalized spacial score (nSPS) is 17.1. The van der Waals surface area contributed by atoms with Crippen LogP contribution in [0, 0.1) is 12.8 Å². The van der Waals surface area contributed by atoms with Crippen molar-refractivity contribution in [1.82, 2.24) is 20.5 Å². The predicted octanol–water partition coefficient (Wildman–Crippen LogP) is 2.03. The van der Waals surface area contributed by atoms with Gasteiger partial charge in [0.1, 0.15) is 0 Å². The van der Waals surface area contributed by atoms with E-state index in [0.29, 0.717) is 18.5 Å². The van der Waals surface area contributed by atoms with E-state index in [4.69, 9.17) is 4.74 Å². The van der Waals surface area contributed by atoms with Crippen LogP contribution >= 0.6 is 24.0 Å². The number of morpholine rings is 1. The van der Waals surface area contributed by atoms with E-state index in [1.807, 2.05) is 12.3 Å². The van der Waals surface area contributed by atoms with Crippen molar-refractivity contribution < 1.29 is 4.74 Å². The number of pyridine rings is 1. The van der Waals surface area contributed by atoms with E-state index in [1.54, 1.807) is 7.05 Å². The van der Waals surface area contributed by atoms with Gasteiger partial charge in [0.2, 0.25) is 0 Å². The molecule has 2 rings (SSSR count).